The molecule has 0 aliphatic rings. The molecule has 0 spiro atoms. The van der Waals surface area contributed by atoms with Crippen LogP contribution in [0.2, 0.25) is 0 Å². The van der Waals surface area contributed by atoms with Gasteiger partial charge >= 0.3 is 5.97 Å². The lowest BCUT2D eigenvalue weighted by Crippen LogP contribution is -2.20. The van der Waals surface area contributed by atoms with Gasteiger partial charge in [-0.1, -0.05) is 0 Å². The van der Waals surface area contributed by atoms with Crippen molar-refractivity contribution in [3.63, 3.8) is 0 Å². The van der Waals surface area contributed by atoms with E-state index in [1.54, 1.807) is 43.0 Å². The molecule has 2 aromatic rings. The molecule has 0 N–H and O–H groups in total. The number of pyridine rings is 1. The molecule has 5 nitrogen and oxygen atoms in total. The monoisotopic (exact) mass is 261 g/mol. The van der Waals surface area contributed by atoms with Crippen molar-refractivity contribution >= 4 is 16.9 Å². The van der Waals surface area contributed by atoms with Crippen LogP contribution in [0.15, 0.2) is 35.3 Å². The molecule has 0 bridgehead atoms. The number of methoxy groups -OCH3 is 2. The summed E-state index contributed by atoms with van der Waals surface area (Å²) in [6, 6.07) is 6.11. The molecule has 0 amide bonds. The van der Waals surface area contributed by atoms with Gasteiger partial charge in [0.2, 0.25) is 0 Å². The fourth-order valence-corrected chi connectivity index (χ4v) is 2.00. The third kappa shape index (κ3) is 2.31. The summed E-state index contributed by atoms with van der Waals surface area (Å²) in [6.07, 6.45) is 1.60. The van der Waals surface area contributed by atoms with Crippen LogP contribution in [0.4, 0.5) is 0 Å². The quantitative estimate of drug-likeness (QED) is 0.790. The second-order valence-corrected chi connectivity index (χ2v) is 4.17. The molecule has 100 valence electrons. The molecule has 5 heteroatoms. The van der Waals surface area contributed by atoms with Crippen LogP contribution >= 0.6 is 0 Å². The minimum absolute atomic E-state index is 0.109. The number of fused-ring (bicyclic) bond motifs is 1. The number of ether oxygens (including phenoxy) is 2. The molecule has 0 fully saturated rings. The van der Waals surface area contributed by atoms with E-state index in [1.165, 1.54) is 13.2 Å². The molecule has 19 heavy (non-hydrogen) atoms. The summed E-state index contributed by atoms with van der Waals surface area (Å²) in [7, 11) is 2.88. The third-order valence-electron chi connectivity index (χ3n) is 3.09. The van der Waals surface area contributed by atoms with Crippen LogP contribution in [0.3, 0.4) is 0 Å². The molecule has 0 saturated carbocycles. The number of esters is 1. The van der Waals surface area contributed by atoms with Crippen molar-refractivity contribution in [1.82, 2.24) is 4.57 Å². The number of carbonyl (C=O) groups excluding carboxylic acids is 1. The van der Waals surface area contributed by atoms with E-state index in [2.05, 4.69) is 0 Å². The van der Waals surface area contributed by atoms with E-state index < -0.39 is 6.04 Å². The van der Waals surface area contributed by atoms with Crippen LogP contribution in [-0.4, -0.2) is 24.8 Å². The molecule has 1 aromatic carbocycles. The number of hydrogen-bond acceptors (Lipinski definition) is 4. The van der Waals surface area contributed by atoms with Gasteiger partial charge in [0, 0.05) is 17.6 Å². The zero-order valence-corrected chi connectivity index (χ0v) is 11.0. The number of hydrogen-bond donors (Lipinski definition) is 0. The summed E-state index contributed by atoms with van der Waals surface area (Å²) in [5.74, 6) is 0.244. The van der Waals surface area contributed by atoms with Gasteiger partial charge < -0.3 is 14.0 Å². The third-order valence-corrected chi connectivity index (χ3v) is 3.09. The number of aromatic nitrogens is 1. The zero-order valence-electron chi connectivity index (χ0n) is 11.0. The molecule has 0 saturated heterocycles. The molecule has 0 radical (unpaired) electrons. The average Bonchev–Trinajstić information content (AvgIpc) is 2.46. The van der Waals surface area contributed by atoms with E-state index in [1.807, 2.05) is 0 Å². The van der Waals surface area contributed by atoms with Crippen LogP contribution < -0.4 is 10.2 Å². The maximum Gasteiger partial charge on any atom is 0.328 e. The number of rotatable bonds is 3. The summed E-state index contributed by atoms with van der Waals surface area (Å²) in [5.41, 5.74) is 0.563. The molecule has 1 unspecified atom stereocenters. The fraction of sp³-hybridized carbons (Fsp3) is 0.286. The maximum absolute atomic E-state index is 11.9. The highest BCUT2D eigenvalue weighted by atomic mass is 16.5. The fourth-order valence-electron chi connectivity index (χ4n) is 2.00. The predicted octanol–water partition coefficient (Wildman–Crippen LogP) is 1.74. The van der Waals surface area contributed by atoms with Crippen LogP contribution in [-0.2, 0) is 9.53 Å². The van der Waals surface area contributed by atoms with E-state index >= 15 is 0 Å². The number of benzene rings is 1. The van der Waals surface area contributed by atoms with Gasteiger partial charge in [0.25, 0.3) is 0 Å². The van der Waals surface area contributed by atoms with Gasteiger partial charge in [0.15, 0.2) is 5.43 Å². The molecular formula is C14H15NO4. The van der Waals surface area contributed by atoms with Gasteiger partial charge in [-0.05, 0) is 25.1 Å². The van der Waals surface area contributed by atoms with Gasteiger partial charge in [0.1, 0.15) is 11.8 Å². The Bertz CT molecular complexity index is 675. The summed E-state index contributed by atoms with van der Waals surface area (Å²) in [6.45, 7) is 1.72. The van der Waals surface area contributed by atoms with E-state index in [0.717, 1.165) is 0 Å². The Kier molecular flexibility index (Phi) is 3.55. The SMILES string of the molecule is COC(=O)C(C)n1ccc(=O)c2cc(OC)ccc21. The van der Waals surface area contributed by atoms with E-state index in [4.69, 9.17) is 9.47 Å². The lowest BCUT2D eigenvalue weighted by Gasteiger charge is -2.16. The molecule has 1 atom stereocenters. The number of carbonyl (C=O) groups is 1. The van der Waals surface area contributed by atoms with Crippen LogP contribution in [0.5, 0.6) is 5.75 Å². The molecule has 1 aromatic heterocycles. The van der Waals surface area contributed by atoms with Gasteiger partial charge in [-0.2, -0.15) is 0 Å². The maximum atomic E-state index is 11.9. The largest absolute Gasteiger partial charge is 0.497 e. The first-order valence-corrected chi connectivity index (χ1v) is 5.85. The first-order valence-electron chi connectivity index (χ1n) is 5.85. The Morgan fingerprint density at radius 2 is 2.00 bits per heavy atom. The van der Waals surface area contributed by atoms with Gasteiger partial charge in [-0.3, -0.25) is 4.79 Å². The smallest absolute Gasteiger partial charge is 0.328 e. The average molecular weight is 261 g/mol. The summed E-state index contributed by atoms with van der Waals surface area (Å²) >= 11 is 0. The highest BCUT2D eigenvalue weighted by Crippen LogP contribution is 2.21. The highest BCUT2D eigenvalue weighted by molar-refractivity contribution is 5.83. The first kappa shape index (κ1) is 13.1. The van der Waals surface area contributed by atoms with E-state index in [-0.39, 0.29) is 11.4 Å². The first-order chi connectivity index (χ1) is 9.08. The summed E-state index contributed by atoms with van der Waals surface area (Å²) < 4.78 is 11.5. The van der Waals surface area contributed by atoms with Crippen molar-refractivity contribution in [2.24, 2.45) is 0 Å². The van der Waals surface area contributed by atoms with Crippen molar-refractivity contribution < 1.29 is 14.3 Å². The molecule has 1 heterocycles. The minimum atomic E-state index is -0.499. The Morgan fingerprint density at radius 1 is 1.26 bits per heavy atom. The lowest BCUT2D eigenvalue weighted by molar-refractivity contribution is -0.143. The van der Waals surface area contributed by atoms with Crippen LogP contribution in [0.1, 0.15) is 13.0 Å². The Hall–Kier alpha value is -2.30. The Balaban J connectivity index is 2.67. The lowest BCUT2D eigenvalue weighted by atomic mass is 10.1. The Labute approximate surface area is 110 Å². The van der Waals surface area contributed by atoms with Crippen molar-refractivity contribution in [2.45, 2.75) is 13.0 Å². The molecule has 0 aliphatic carbocycles. The Morgan fingerprint density at radius 3 is 2.63 bits per heavy atom. The van der Waals surface area contributed by atoms with Crippen molar-refractivity contribution in [2.75, 3.05) is 14.2 Å². The van der Waals surface area contributed by atoms with Crippen molar-refractivity contribution in [3.05, 3.63) is 40.7 Å². The standard InChI is InChI=1S/C14H15NO4/c1-9(14(17)19-3)15-7-6-13(16)11-8-10(18-2)4-5-12(11)15/h4-9H,1-3H3. The normalized spacial score (nSPS) is 12.2. The summed E-state index contributed by atoms with van der Waals surface area (Å²) in [5, 5.41) is 0.512. The molecule has 2 rings (SSSR count). The topological polar surface area (TPSA) is 57.5 Å². The number of nitrogens with zero attached hydrogens (tertiary/aromatic N) is 1. The second-order valence-electron chi connectivity index (χ2n) is 4.17. The van der Waals surface area contributed by atoms with E-state index in [9.17, 15) is 9.59 Å². The van der Waals surface area contributed by atoms with E-state index in [0.29, 0.717) is 16.7 Å². The van der Waals surface area contributed by atoms with Gasteiger partial charge in [0.05, 0.1) is 19.7 Å². The van der Waals surface area contributed by atoms with Crippen LogP contribution in [0, 0.1) is 0 Å². The molecule has 0 aliphatic heterocycles. The van der Waals surface area contributed by atoms with Gasteiger partial charge in [-0.15, -0.1) is 0 Å². The van der Waals surface area contributed by atoms with Gasteiger partial charge in [-0.25, -0.2) is 4.79 Å². The zero-order chi connectivity index (χ0) is 14.0. The predicted molar refractivity (Wildman–Crippen MR) is 71.5 cm³/mol. The van der Waals surface area contributed by atoms with Crippen molar-refractivity contribution in [1.29, 1.82) is 0 Å². The molecular weight excluding hydrogens is 246 g/mol. The van der Waals surface area contributed by atoms with Crippen LogP contribution in [0.25, 0.3) is 10.9 Å². The van der Waals surface area contributed by atoms with Crippen molar-refractivity contribution in [3.8, 4) is 5.75 Å². The summed E-state index contributed by atoms with van der Waals surface area (Å²) in [4.78, 5) is 23.5. The minimum Gasteiger partial charge on any atom is -0.497 e. The second kappa shape index (κ2) is 5.14. The highest BCUT2D eigenvalue weighted by Gasteiger charge is 2.17.